The fourth-order valence-electron chi connectivity index (χ4n) is 1.00. The van der Waals surface area contributed by atoms with Gasteiger partial charge < -0.3 is 0 Å². The summed E-state index contributed by atoms with van der Waals surface area (Å²) in [5.41, 5.74) is 0.475. The lowest BCUT2D eigenvalue weighted by atomic mass is 10.2. The van der Waals surface area contributed by atoms with Gasteiger partial charge in [0.25, 0.3) is 0 Å². The molecule has 0 N–H and O–H groups in total. The van der Waals surface area contributed by atoms with Gasteiger partial charge in [0, 0.05) is 11.5 Å². The van der Waals surface area contributed by atoms with Crippen molar-refractivity contribution in [3.05, 3.63) is 35.2 Å². The molecule has 0 bridgehead atoms. The van der Waals surface area contributed by atoms with E-state index in [1.807, 2.05) is 0 Å². The third-order valence-corrected chi connectivity index (χ3v) is 1.85. The minimum absolute atomic E-state index is 0.334. The van der Waals surface area contributed by atoms with Crippen molar-refractivity contribution >= 4 is 22.5 Å². The normalized spacial score (nSPS) is 10.5. The van der Waals surface area contributed by atoms with Crippen LogP contribution in [0.2, 0.25) is 5.02 Å². The van der Waals surface area contributed by atoms with E-state index in [0.29, 0.717) is 15.9 Å². The summed E-state index contributed by atoms with van der Waals surface area (Å²) >= 11 is 5.78. The summed E-state index contributed by atoms with van der Waals surface area (Å²) in [4.78, 5) is 0. The van der Waals surface area contributed by atoms with Gasteiger partial charge in [-0.2, -0.15) is 10.2 Å². The van der Waals surface area contributed by atoms with E-state index in [-0.39, 0.29) is 5.82 Å². The zero-order valence-corrected chi connectivity index (χ0v) is 6.72. The number of hydrogen-bond donors (Lipinski definition) is 0. The molecule has 0 fully saturated rings. The van der Waals surface area contributed by atoms with Gasteiger partial charge in [-0.05, 0) is 12.1 Å². The fourth-order valence-corrected chi connectivity index (χ4v) is 1.20. The molecule has 1 aromatic carbocycles. The average Bonchev–Trinajstić information content (AvgIpc) is 2.04. The van der Waals surface area contributed by atoms with Gasteiger partial charge in [0.1, 0.15) is 5.82 Å². The second-order valence-electron chi connectivity index (χ2n) is 2.35. The van der Waals surface area contributed by atoms with E-state index in [1.54, 1.807) is 6.07 Å². The summed E-state index contributed by atoms with van der Waals surface area (Å²) in [5, 5.41) is 8.54. The standard InChI is InChI=1S/C8H4ClFN2/c9-7-4-11-12-8-3-5(10)1-2-6(7)8/h1-4H. The highest BCUT2D eigenvalue weighted by Gasteiger charge is 2.00. The molecule has 0 aliphatic heterocycles. The van der Waals surface area contributed by atoms with Crippen LogP contribution in [0.15, 0.2) is 24.4 Å². The minimum atomic E-state index is -0.334. The maximum absolute atomic E-state index is 12.7. The van der Waals surface area contributed by atoms with Gasteiger partial charge >= 0.3 is 0 Å². The maximum Gasteiger partial charge on any atom is 0.125 e. The monoisotopic (exact) mass is 182 g/mol. The molecule has 12 heavy (non-hydrogen) atoms. The summed E-state index contributed by atoms with van der Waals surface area (Å²) < 4.78 is 12.7. The molecule has 0 aliphatic rings. The molecule has 0 spiro atoms. The van der Waals surface area contributed by atoms with Crippen molar-refractivity contribution in [1.82, 2.24) is 10.2 Å². The number of fused-ring (bicyclic) bond motifs is 1. The molecule has 0 saturated heterocycles. The highest BCUT2D eigenvalue weighted by Crippen LogP contribution is 2.20. The lowest BCUT2D eigenvalue weighted by Gasteiger charge is -1.96. The van der Waals surface area contributed by atoms with E-state index in [1.165, 1.54) is 18.3 Å². The van der Waals surface area contributed by atoms with E-state index in [9.17, 15) is 4.39 Å². The predicted molar refractivity (Wildman–Crippen MR) is 44.5 cm³/mol. The SMILES string of the molecule is Fc1ccc2c(Cl)cnnc2c1. The molecule has 0 saturated carbocycles. The van der Waals surface area contributed by atoms with Crippen molar-refractivity contribution in [3.8, 4) is 0 Å². The average molecular weight is 183 g/mol. The Bertz CT molecular complexity index is 430. The van der Waals surface area contributed by atoms with Crippen molar-refractivity contribution in [3.63, 3.8) is 0 Å². The number of benzene rings is 1. The van der Waals surface area contributed by atoms with Crippen LogP contribution in [0.25, 0.3) is 10.9 Å². The Morgan fingerprint density at radius 3 is 3.00 bits per heavy atom. The summed E-state index contributed by atoms with van der Waals surface area (Å²) in [6.45, 7) is 0. The first kappa shape index (κ1) is 7.43. The molecular weight excluding hydrogens is 179 g/mol. The van der Waals surface area contributed by atoms with Crippen LogP contribution in [-0.2, 0) is 0 Å². The first-order valence-corrected chi connectivity index (χ1v) is 3.71. The molecule has 2 rings (SSSR count). The van der Waals surface area contributed by atoms with E-state index in [4.69, 9.17) is 11.6 Å². The van der Waals surface area contributed by atoms with Gasteiger partial charge in [0.15, 0.2) is 0 Å². The Labute approximate surface area is 73.0 Å². The van der Waals surface area contributed by atoms with Crippen LogP contribution in [0.4, 0.5) is 4.39 Å². The van der Waals surface area contributed by atoms with E-state index in [0.717, 1.165) is 0 Å². The Balaban J connectivity index is 2.86. The smallest absolute Gasteiger partial charge is 0.125 e. The lowest BCUT2D eigenvalue weighted by Crippen LogP contribution is -1.84. The predicted octanol–water partition coefficient (Wildman–Crippen LogP) is 2.42. The van der Waals surface area contributed by atoms with Gasteiger partial charge in [-0.3, -0.25) is 0 Å². The van der Waals surface area contributed by atoms with Crippen LogP contribution < -0.4 is 0 Å². The highest BCUT2D eigenvalue weighted by atomic mass is 35.5. The fraction of sp³-hybridized carbons (Fsp3) is 0. The van der Waals surface area contributed by atoms with E-state index in [2.05, 4.69) is 10.2 Å². The number of halogens is 2. The van der Waals surface area contributed by atoms with Crippen LogP contribution in [-0.4, -0.2) is 10.2 Å². The highest BCUT2D eigenvalue weighted by molar-refractivity contribution is 6.35. The summed E-state index contributed by atoms with van der Waals surface area (Å²) in [5.74, 6) is -0.334. The third-order valence-electron chi connectivity index (χ3n) is 1.55. The second kappa shape index (κ2) is 2.68. The van der Waals surface area contributed by atoms with Gasteiger partial charge in [-0.1, -0.05) is 11.6 Å². The Morgan fingerprint density at radius 1 is 1.33 bits per heavy atom. The molecule has 1 aromatic heterocycles. The van der Waals surface area contributed by atoms with Crippen molar-refractivity contribution < 1.29 is 4.39 Å². The summed E-state index contributed by atoms with van der Waals surface area (Å²) in [6, 6.07) is 4.23. The molecule has 0 amide bonds. The largest absolute Gasteiger partial charge is 0.207 e. The molecule has 4 heteroatoms. The van der Waals surface area contributed by atoms with Gasteiger partial charge in [-0.15, -0.1) is 0 Å². The molecule has 1 heterocycles. The molecule has 0 radical (unpaired) electrons. The van der Waals surface area contributed by atoms with Crippen molar-refractivity contribution in [2.45, 2.75) is 0 Å². The van der Waals surface area contributed by atoms with Crippen molar-refractivity contribution in [2.75, 3.05) is 0 Å². The Hall–Kier alpha value is -1.22. The molecule has 0 aliphatic carbocycles. The maximum atomic E-state index is 12.7. The van der Waals surface area contributed by atoms with Crippen LogP contribution >= 0.6 is 11.6 Å². The van der Waals surface area contributed by atoms with Crippen molar-refractivity contribution in [1.29, 1.82) is 0 Å². The minimum Gasteiger partial charge on any atom is -0.207 e. The zero-order chi connectivity index (χ0) is 8.55. The molecule has 60 valence electrons. The Kier molecular flexibility index (Phi) is 1.66. The first-order chi connectivity index (χ1) is 5.77. The van der Waals surface area contributed by atoms with Crippen LogP contribution in [0, 0.1) is 5.82 Å². The second-order valence-corrected chi connectivity index (χ2v) is 2.76. The van der Waals surface area contributed by atoms with Crippen LogP contribution in [0.3, 0.4) is 0 Å². The summed E-state index contributed by atoms with van der Waals surface area (Å²) in [7, 11) is 0. The molecule has 2 aromatic rings. The third kappa shape index (κ3) is 1.12. The van der Waals surface area contributed by atoms with Crippen molar-refractivity contribution in [2.24, 2.45) is 0 Å². The number of nitrogens with zero attached hydrogens (tertiary/aromatic N) is 2. The Morgan fingerprint density at radius 2 is 2.17 bits per heavy atom. The number of aromatic nitrogens is 2. The molecule has 0 unspecified atom stereocenters. The topological polar surface area (TPSA) is 25.8 Å². The van der Waals surface area contributed by atoms with Crippen LogP contribution in [0.1, 0.15) is 0 Å². The van der Waals surface area contributed by atoms with Gasteiger partial charge in [0.05, 0.1) is 16.7 Å². The lowest BCUT2D eigenvalue weighted by molar-refractivity contribution is 0.629. The zero-order valence-electron chi connectivity index (χ0n) is 5.96. The summed E-state index contributed by atoms with van der Waals surface area (Å²) in [6.07, 6.45) is 1.43. The number of hydrogen-bond acceptors (Lipinski definition) is 2. The van der Waals surface area contributed by atoms with Crippen LogP contribution in [0.5, 0.6) is 0 Å². The molecular formula is C8H4ClFN2. The first-order valence-electron chi connectivity index (χ1n) is 3.34. The van der Waals surface area contributed by atoms with Gasteiger partial charge in [-0.25, -0.2) is 4.39 Å². The molecule has 0 atom stereocenters. The quantitative estimate of drug-likeness (QED) is 0.625. The van der Waals surface area contributed by atoms with E-state index >= 15 is 0 Å². The van der Waals surface area contributed by atoms with Gasteiger partial charge in [0.2, 0.25) is 0 Å². The molecule has 2 nitrogen and oxygen atoms in total. The van der Waals surface area contributed by atoms with E-state index < -0.39 is 0 Å². The number of rotatable bonds is 0.